The van der Waals surface area contributed by atoms with Crippen LogP contribution in [0.4, 0.5) is 5.69 Å². The van der Waals surface area contributed by atoms with Gasteiger partial charge in [0.05, 0.1) is 11.6 Å². The fourth-order valence-corrected chi connectivity index (χ4v) is 2.27. The van der Waals surface area contributed by atoms with Gasteiger partial charge in [-0.1, -0.05) is 17.7 Å². The minimum absolute atomic E-state index is 0.121. The summed E-state index contributed by atoms with van der Waals surface area (Å²) in [6.45, 7) is 4.13. The van der Waals surface area contributed by atoms with Crippen molar-refractivity contribution >= 4 is 17.5 Å². The molecule has 0 aliphatic rings. The lowest BCUT2D eigenvalue weighted by atomic mass is 10.1. The number of nitrogens with zero attached hydrogens (tertiary/aromatic N) is 2. The molecule has 0 radical (unpaired) electrons. The zero-order chi connectivity index (χ0) is 17.5. The number of anilines is 1. The average Bonchev–Trinajstić information content (AvgIpc) is 2.59. The maximum Gasteiger partial charge on any atom is 0.251 e. The number of carbonyl (C=O) groups is 2. The van der Waals surface area contributed by atoms with E-state index in [9.17, 15) is 9.59 Å². The van der Waals surface area contributed by atoms with E-state index in [0.717, 1.165) is 5.56 Å². The first-order valence-corrected chi connectivity index (χ1v) is 7.64. The number of nitriles is 1. The first kappa shape index (κ1) is 17.2. The molecule has 5 heteroatoms. The first-order valence-electron chi connectivity index (χ1n) is 7.64. The Kier molecular flexibility index (Phi) is 5.69. The van der Waals surface area contributed by atoms with Crippen LogP contribution in [0.2, 0.25) is 0 Å². The van der Waals surface area contributed by atoms with Gasteiger partial charge in [0.2, 0.25) is 5.91 Å². The maximum absolute atomic E-state index is 12.1. The summed E-state index contributed by atoms with van der Waals surface area (Å²) in [4.78, 5) is 25.5. The van der Waals surface area contributed by atoms with Gasteiger partial charge in [0, 0.05) is 31.3 Å². The molecule has 0 unspecified atom stereocenters. The molecule has 24 heavy (non-hydrogen) atoms. The van der Waals surface area contributed by atoms with Gasteiger partial charge in [-0.2, -0.15) is 5.26 Å². The maximum atomic E-state index is 12.1. The van der Waals surface area contributed by atoms with E-state index in [0.29, 0.717) is 29.9 Å². The Hall–Kier alpha value is -3.13. The molecule has 0 heterocycles. The molecule has 0 saturated heterocycles. The highest BCUT2D eigenvalue weighted by Gasteiger charge is 2.12. The molecule has 2 aromatic rings. The van der Waals surface area contributed by atoms with E-state index >= 15 is 0 Å². The third kappa shape index (κ3) is 4.43. The molecule has 5 nitrogen and oxygen atoms in total. The van der Waals surface area contributed by atoms with Crippen LogP contribution in [0, 0.1) is 18.3 Å². The van der Waals surface area contributed by atoms with Gasteiger partial charge in [-0.15, -0.1) is 0 Å². The normalized spacial score (nSPS) is 9.88. The van der Waals surface area contributed by atoms with Crippen molar-refractivity contribution in [3.05, 3.63) is 65.2 Å². The summed E-state index contributed by atoms with van der Waals surface area (Å²) >= 11 is 0. The van der Waals surface area contributed by atoms with Gasteiger partial charge in [0.25, 0.3) is 5.91 Å². The van der Waals surface area contributed by atoms with E-state index in [4.69, 9.17) is 5.26 Å². The van der Waals surface area contributed by atoms with Crippen LogP contribution in [0.15, 0.2) is 48.5 Å². The van der Waals surface area contributed by atoms with E-state index in [1.807, 2.05) is 25.1 Å². The van der Waals surface area contributed by atoms with Crippen LogP contribution in [0.3, 0.4) is 0 Å². The minimum atomic E-state index is -0.168. The standard InChI is InChI=1S/C19H19N3O2/c1-14-3-7-17(8-4-14)19(24)21-11-12-22(15(2)23)18-9-5-16(13-20)6-10-18/h3-10H,11-12H2,1-2H3,(H,21,24). The third-order valence-corrected chi connectivity index (χ3v) is 3.62. The Labute approximate surface area is 141 Å². The lowest BCUT2D eigenvalue weighted by molar-refractivity contribution is -0.116. The predicted octanol–water partition coefficient (Wildman–Crippen LogP) is 2.65. The van der Waals surface area contributed by atoms with E-state index in [-0.39, 0.29) is 11.8 Å². The van der Waals surface area contributed by atoms with Crippen molar-refractivity contribution in [1.82, 2.24) is 5.32 Å². The molecule has 2 rings (SSSR count). The summed E-state index contributed by atoms with van der Waals surface area (Å²) in [7, 11) is 0. The molecule has 0 aromatic heterocycles. The molecule has 0 spiro atoms. The van der Waals surface area contributed by atoms with Crippen molar-refractivity contribution in [2.45, 2.75) is 13.8 Å². The molecular formula is C19H19N3O2. The van der Waals surface area contributed by atoms with Crippen molar-refractivity contribution in [1.29, 1.82) is 5.26 Å². The summed E-state index contributed by atoms with van der Waals surface area (Å²) in [5, 5.41) is 11.6. The molecular weight excluding hydrogens is 302 g/mol. The van der Waals surface area contributed by atoms with E-state index in [1.54, 1.807) is 41.3 Å². The zero-order valence-corrected chi connectivity index (χ0v) is 13.7. The Balaban J connectivity index is 1.96. The van der Waals surface area contributed by atoms with Crippen LogP contribution < -0.4 is 10.2 Å². The average molecular weight is 321 g/mol. The monoisotopic (exact) mass is 321 g/mol. The quantitative estimate of drug-likeness (QED) is 0.920. The molecule has 0 atom stereocenters. The Bertz CT molecular complexity index is 759. The lowest BCUT2D eigenvalue weighted by Crippen LogP contribution is -2.37. The van der Waals surface area contributed by atoms with Crippen molar-refractivity contribution in [2.75, 3.05) is 18.0 Å². The highest BCUT2D eigenvalue weighted by molar-refractivity contribution is 5.94. The van der Waals surface area contributed by atoms with Crippen LogP contribution in [-0.4, -0.2) is 24.9 Å². The van der Waals surface area contributed by atoms with Gasteiger partial charge in [-0.3, -0.25) is 9.59 Å². The number of hydrogen-bond acceptors (Lipinski definition) is 3. The van der Waals surface area contributed by atoms with Gasteiger partial charge in [0.15, 0.2) is 0 Å². The highest BCUT2D eigenvalue weighted by Crippen LogP contribution is 2.15. The Morgan fingerprint density at radius 3 is 2.25 bits per heavy atom. The molecule has 0 aliphatic heterocycles. The van der Waals surface area contributed by atoms with Crippen molar-refractivity contribution < 1.29 is 9.59 Å². The van der Waals surface area contributed by atoms with E-state index < -0.39 is 0 Å². The summed E-state index contributed by atoms with van der Waals surface area (Å²) < 4.78 is 0. The number of amides is 2. The number of nitrogens with one attached hydrogen (secondary N) is 1. The molecule has 0 bridgehead atoms. The van der Waals surface area contributed by atoms with Crippen LogP contribution in [0.1, 0.15) is 28.4 Å². The predicted molar refractivity (Wildman–Crippen MR) is 92.7 cm³/mol. The fourth-order valence-electron chi connectivity index (χ4n) is 2.27. The molecule has 2 aromatic carbocycles. The molecule has 0 aliphatic carbocycles. The molecule has 0 saturated carbocycles. The summed E-state index contributed by atoms with van der Waals surface area (Å²) in [5.41, 5.74) is 2.92. The molecule has 2 amide bonds. The second kappa shape index (κ2) is 7.93. The summed E-state index contributed by atoms with van der Waals surface area (Å²) in [6.07, 6.45) is 0. The second-order valence-corrected chi connectivity index (χ2v) is 5.45. The van der Waals surface area contributed by atoms with Gasteiger partial charge in [0.1, 0.15) is 0 Å². The topological polar surface area (TPSA) is 73.2 Å². The van der Waals surface area contributed by atoms with Crippen LogP contribution in [-0.2, 0) is 4.79 Å². The molecule has 122 valence electrons. The fraction of sp³-hybridized carbons (Fsp3) is 0.211. The molecule has 0 fully saturated rings. The van der Waals surface area contributed by atoms with Crippen molar-refractivity contribution in [3.8, 4) is 6.07 Å². The number of rotatable bonds is 5. The third-order valence-electron chi connectivity index (χ3n) is 3.62. The van der Waals surface area contributed by atoms with Gasteiger partial charge >= 0.3 is 0 Å². The second-order valence-electron chi connectivity index (χ2n) is 5.45. The summed E-state index contributed by atoms with van der Waals surface area (Å²) in [5.74, 6) is -0.289. The highest BCUT2D eigenvalue weighted by atomic mass is 16.2. The smallest absolute Gasteiger partial charge is 0.251 e. The summed E-state index contributed by atoms with van der Waals surface area (Å²) in [6, 6.07) is 16.1. The van der Waals surface area contributed by atoms with Gasteiger partial charge in [-0.25, -0.2) is 0 Å². The van der Waals surface area contributed by atoms with E-state index in [1.165, 1.54) is 6.92 Å². The largest absolute Gasteiger partial charge is 0.350 e. The van der Waals surface area contributed by atoms with Crippen LogP contribution >= 0.6 is 0 Å². The zero-order valence-electron chi connectivity index (χ0n) is 13.7. The number of benzene rings is 2. The lowest BCUT2D eigenvalue weighted by Gasteiger charge is -2.21. The van der Waals surface area contributed by atoms with E-state index in [2.05, 4.69) is 5.32 Å². The van der Waals surface area contributed by atoms with Crippen LogP contribution in [0.25, 0.3) is 0 Å². The van der Waals surface area contributed by atoms with Gasteiger partial charge in [-0.05, 0) is 43.3 Å². The number of carbonyl (C=O) groups excluding carboxylic acids is 2. The minimum Gasteiger partial charge on any atom is -0.350 e. The SMILES string of the molecule is CC(=O)N(CCNC(=O)c1ccc(C)cc1)c1ccc(C#N)cc1. The van der Waals surface area contributed by atoms with Crippen molar-refractivity contribution in [2.24, 2.45) is 0 Å². The number of aryl methyl sites for hydroxylation is 1. The van der Waals surface area contributed by atoms with Crippen LogP contribution in [0.5, 0.6) is 0 Å². The Morgan fingerprint density at radius 1 is 1.08 bits per heavy atom. The van der Waals surface area contributed by atoms with Crippen molar-refractivity contribution in [3.63, 3.8) is 0 Å². The Morgan fingerprint density at radius 2 is 1.71 bits per heavy atom. The van der Waals surface area contributed by atoms with Gasteiger partial charge < -0.3 is 10.2 Å². The first-order chi connectivity index (χ1) is 11.5. The number of hydrogen-bond donors (Lipinski definition) is 1. The molecule has 1 N–H and O–H groups in total.